The molecule has 0 fully saturated rings. The zero-order chi connectivity index (χ0) is 19.8. The molecule has 0 aliphatic rings. The molecule has 0 saturated carbocycles. The van der Waals surface area contributed by atoms with Gasteiger partial charge in [0.05, 0.1) is 29.4 Å². The number of halogens is 5. The number of hydrogen-bond donors (Lipinski definition) is 0. The van der Waals surface area contributed by atoms with E-state index in [9.17, 15) is 18.0 Å². The molecule has 0 spiro atoms. The largest absolute Gasteiger partial charge is 0.465 e. The van der Waals surface area contributed by atoms with Gasteiger partial charge in [0.2, 0.25) is 0 Å². The summed E-state index contributed by atoms with van der Waals surface area (Å²) in [5.74, 6) is -0.618. The van der Waals surface area contributed by atoms with Gasteiger partial charge in [0.15, 0.2) is 0 Å². The average molecular weight is 459 g/mol. The summed E-state index contributed by atoms with van der Waals surface area (Å²) in [5.41, 5.74) is 0.801. The van der Waals surface area contributed by atoms with Gasteiger partial charge in [0.25, 0.3) is 0 Å². The molecule has 3 rings (SSSR count). The van der Waals surface area contributed by atoms with Crippen LogP contribution in [0.25, 0.3) is 22.2 Å². The number of hydrogen-bond acceptors (Lipinski definition) is 3. The summed E-state index contributed by atoms with van der Waals surface area (Å²) in [4.78, 5) is 16.9. The molecule has 0 bridgehead atoms. The molecule has 8 heteroatoms. The summed E-state index contributed by atoms with van der Waals surface area (Å²) in [5, 5.41) is 1.07. The Hall–Kier alpha value is -2.12. The summed E-state index contributed by atoms with van der Waals surface area (Å²) in [7, 11) is 1.24. The van der Waals surface area contributed by atoms with E-state index in [1.54, 1.807) is 18.2 Å². The Morgan fingerprint density at radius 1 is 1.22 bits per heavy atom. The summed E-state index contributed by atoms with van der Waals surface area (Å²) in [6.07, 6.45) is -4.49. The lowest BCUT2D eigenvalue weighted by Crippen LogP contribution is -2.10. The molecule has 0 aliphatic heterocycles. The van der Waals surface area contributed by atoms with Crippen molar-refractivity contribution >= 4 is 44.4 Å². The maximum atomic E-state index is 13.1. The van der Waals surface area contributed by atoms with Crippen LogP contribution in [0, 0.1) is 0 Å². The van der Waals surface area contributed by atoms with Crippen molar-refractivity contribution in [2.24, 2.45) is 0 Å². The molecule has 27 heavy (non-hydrogen) atoms. The summed E-state index contributed by atoms with van der Waals surface area (Å²) < 4.78 is 44.2. The van der Waals surface area contributed by atoms with Crippen LogP contribution in [0.2, 0.25) is 5.02 Å². The van der Waals surface area contributed by atoms with Crippen LogP contribution < -0.4 is 0 Å². The zero-order valence-electron chi connectivity index (χ0n) is 13.9. The van der Waals surface area contributed by atoms with Crippen molar-refractivity contribution in [2.45, 2.75) is 11.5 Å². The maximum Gasteiger partial charge on any atom is 0.416 e. The lowest BCUT2D eigenvalue weighted by atomic mass is 9.97. The van der Waals surface area contributed by atoms with Crippen LogP contribution in [0.5, 0.6) is 0 Å². The predicted molar refractivity (Wildman–Crippen MR) is 101 cm³/mol. The molecular weight excluding hydrogens is 447 g/mol. The van der Waals surface area contributed by atoms with E-state index in [-0.39, 0.29) is 22.2 Å². The zero-order valence-corrected chi connectivity index (χ0v) is 16.2. The highest BCUT2D eigenvalue weighted by Gasteiger charge is 2.31. The third-order valence-corrected chi connectivity index (χ3v) is 4.83. The molecule has 0 aliphatic carbocycles. The second kappa shape index (κ2) is 7.48. The minimum absolute atomic E-state index is 0.193. The topological polar surface area (TPSA) is 39.2 Å². The fraction of sp³-hybridized carbons (Fsp3) is 0.158. The lowest BCUT2D eigenvalue weighted by molar-refractivity contribution is -0.137. The Kier molecular flexibility index (Phi) is 5.44. The smallest absolute Gasteiger partial charge is 0.416 e. The van der Waals surface area contributed by atoms with Crippen LogP contribution in [0.3, 0.4) is 0 Å². The summed E-state index contributed by atoms with van der Waals surface area (Å²) in [6, 6.07) is 9.62. The molecule has 3 aromatic rings. The number of ether oxygens (including phenoxy) is 1. The van der Waals surface area contributed by atoms with Crippen LogP contribution in [0.4, 0.5) is 13.2 Å². The van der Waals surface area contributed by atoms with Gasteiger partial charge < -0.3 is 4.74 Å². The minimum atomic E-state index is -4.49. The van der Waals surface area contributed by atoms with Crippen molar-refractivity contribution in [1.82, 2.24) is 4.98 Å². The molecule has 0 radical (unpaired) electrons. The third-order valence-electron chi connectivity index (χ3n) is 4.03. The Balaban J connectivity index is 2.37. The number of nitrogens with zero attached hydrogens (tertiary/aromatic N) is 1. The number of carbonyl (C=O) groups is 1. The number of aromatic nitrogens is 1. The molecule has 3 nitrogen and oxygen atoms in total. The summed E-state index contributed by atoms with van der Waals surface area (Å²) in [6.45, 7) is 0. The number of pyridine rings is 1. The molecule has 0 N–H and O–H groups in total. The van der Waals surface area contributed by atoms with Crippen LogP contribution in [-0.2, 0) is 16.2 Å². The highest BCUT2D eigenvalue weighted by atomic mass is 79.9. The maximum absolute atomic E-state index is 13.1. The normalized spacial score (nSPS) is 11.6. The molecular formula is C19H12BrClF3NO2. The predicted octanol–water partition coefficient (Wildman–Crippen LogP) is 6.26. The SMILES string of the molecule is COC(=O)c1c(CBr)c(-c2cccc(C(F)(F)F)c2)nc2ccc(Cl)cc12. The van der Waals surface area contributed by atoms with Gasteiger partial charge in [-0.25, -0.2) is 9.78 Å². The van der Waals surface area contributed by atoms with Gasteiger partial charge in [-0.3, -0.25) is 0 Å². The number of carbonyl (C=O) groups excluding carboxylic acids is 1. The number of alkyl halides is 4. The second-order valence-electron chi connectivity index (χ2n) is 5.68. The first-order valence-corrected chi connectivity index (χ1v) is 9.20. The molecule has 1 heterocycles. The monoisotopic (exact) mass is 457 g/mol. The van der Waals surface area contributed by atoms with Crippen LogP contribution in [0.15, 0.2) is 42.5 Å². The first-order valence-electron chi connectivity index (χ1n) is 7.70. The Morgan fingerprint density at radius 2 is 1.96 bits per heavy atom. The van der Waals surface area contributed by atoms with Crippen LogP contribution >= 0.6 is 27.5 Å². The first-order chi connectivity index (χ1) is 12.8. The molecule has 0 atom stereocenters. The van der Waals surface area contributed by atoms with Gasteiger partial charge in [-0.15, -0.1) is 0 Å². The number of esters is 1. The fourth-order valence-electron chi connectivity index (χ4n) is 2.82. The van der Waals surface area contributed by atoms with Crippen LogP contribution in [-0.4, -0.2) is 18.1 Å². The first kappa shape index (κ1) is 19.6. The van der Waals surface area contributed by atoms with Crippen molar-refractivity contribution in [3.8, 4) is 11.3 Å². The van der Waals surface area contributed by atoms with Gasteiger partial charge in [-0.1, -0.05) is 39.7 Å². The van der Waals surface area contributed by atoms with Gasteiger partial charge in [0, 0.05) is 26.9 Å². The van der Waals surface area contributed by atoms with Crippen molar-refractivity contribution in [3.63, 3.8) is 0 Å². The van der Waals surface area contributed by atoms with Gasteiger partial charge in [0.1, 0.15) is 0 Å². The van der Waals surface area contributed by atoms with E-state index in [1.165, 1.54) is 19.2 Å². The molecule has 1 aromatic heterocycles. The van der Waals surface area contributed by atoms with Crippen molar-refractivity contribution < 1.29 is 22.7 Å². The standard InChI is InChI=1S/C19H12BrClF3NO2/c1-27-18(26)16-13-8-12(21)5-6-15(13)25-17(14(16)9-20)10-3-2-4-11(7-10)19(22,23)24/h2-8H,9H2,1H3. The number of benzene rings is 2. The minimum Gasteiger partial charge on any atom is -0.465 e. The highest BCUT2D eigenvalue weighted by molar-refractivity contribution is 9.08. The number of methoxy groups -OCH3 is 1. The molecule has 0 saturated heterocycles. The second-order valence-corrected chi connectivity index (χ2v) is 6.68. The molecule has 0 unspecified atom stereocenters. The fourth-order valence-corrected chi connectivity index (χ4v) is 3.54. The van der Waals surface area contributed by atoms with E-state index < -0.39 is 17.7 Å². The van der Waals surface area contributed by atoms with E-state index >= 15 is 0 Å². The highest BCUT2D eigenvalue weighted by Crippen LogP contribution is 2.36. The Bertz CT molecular complexity index is 1040. The van der Waals surface area contributed by atoms with E-state index in [4.69, 9.17) is 16.3 Å². The lowest BCUT2D eigenvalue weighted by Gasteiger charge is -2.16. The molecule has 0 amide bonds. The quantitative estimate of drug-likeness (QED) is 0.344. The van der Waals surface area contributed by atoms with E-state index in [1.807, 2.05) is 0 Å². The van der Waals surface area contributed by atoms with Crippen LogP contribution in [0.1, 0.15) is 21.5 Å². The Morgan fingerprint density at radius 3 is 2.59 bits per heavy atom. The van der Waals surface area contributed by atoms with E-state index in [2.05, 4.69) is 20.9 Å². The van der Waals surface area contributed by atoms with E-state index in [0.29, 0.717) is 21.5 Å². The Labute approximate surface area is 166 Å². The number of fused-ring (bicyclic) bond motifs is 1. The van der Waals surface area contributed by atoms with E-state index in [0.717, 1.165) is 12.1 Å². The van der Waals surface area contributed by atoms with Crippen molar-refractivity contribution in [3.05, 3.63) is 64.2 Å². The van der Waals surface area contributed by atoms with Crippen molar-refractivity contribution in [1.29, 1.82) is 0 Å². The summed E-state index contributed by atoms with van der Waals surface area (Å²) >= 11 is 9.36. The van der Waals surface area contributed by atoms with Crippen molar-refractivity contribution in [2.75, 3.05) is 7.11 Å². The molecule has 140 valence electrons. The number of rotatable bonds is 3. The average Bonchev–Trinajstić information content (AvgIpc) is 2.65. The molecule has 2 aromatic carbocycles. The van der Waals surface area contributed by atoms with Gasteiger partial charge in [-0.2, -0.15) is 13.2 Å². The van der Waals surface area contributed by atoms with Gasteiger partial charge in [-0.05, 0) is 30.3 Å². The third kappa shape index (κ3) is 3.80. The van der Waals surface area contributed by atoms with Gasteiger partial charge >= 0.3 is 12.1 Å².